The van der Waals surface area contributed by atoms with Crippen molar-refractivity contribution < 1.29 is 29.0 Å². The van der Waals surface area contributed by atoms with Gasteiger partial charge in [0.2, 0.25) is 6.29 Å². The number of likely N-dealkylation sites (tertiary alicyclic amines) is 2. The Balaban J connectivity index is 1.23. The van der Waals surface area contributed by atoms with Crippen LogP contribution in [0.2, 0.25) is 0 Å². The number of carboxylic acid groups (broad SMARTS) is 1. The van der Waals surface area contributed by atoms with Gasteiger partial charge in [0.25, 0.3) is 5.91 Å². The predicted molar refractivity (Wildman–Crippen MR) is 124 cm³/mol. The molecule has 2 aromatic carbocycles. The molecule has 0 bridgehead atoms. The van der Waals surface area contributed by atoms with Crippen molar-refractivity contribution in [3.05, 3.63) is 53.6 Å². The molecule has 5 rings (SSSR count). The van der Waals surface area contributed by atoms with E-state index in [1.54, 1.807) is 4.90 Å². The minimum Gasteiger partial charge on any atom is -0.465 e. The molecule has 1 unspecified atom stereocenters. The fourth-order valence-electron chi connectivity index (χ4n) is 4.86. The van der Waals surface area contributed by atoms with Crippen molar-refractivity contribution in [2.45, 2.75) is 38.6 Å². The number of carbonyl (C=O) groups excluding carboxylic acids is 2. The average Bonchev–Trinajstić information content (AvgIpc) is 2.88. The molecule has 1 N–H and O–H groups in total. The van der Waals surface area contributed by atoms with Crippen LogP contribution >= 0.6 is 0 Å². The Morgan fingerprint density at radius 2 is 1.56 bits per heavy atom. The maximum absolute atomic E-state index is 12.7. The van der Waals surface area contributed by atoms with Gasteiger partial charge in [0, 0.05) is 56.1 Å². The van der Waals surface area contributed by atoms with E-state index in [1.165, 1.54) is 4.90 Å². The molecule has 3 aliphatic rings. The van der Waals surface area contributed by atoms with E-state index >= 15 is 0 Å². The van der Waals surface area contributed by atoms with Gasteiger partial charge in [-0.15, -0.1) is 0 Å². The maximum atomic E-state index is 12.7. The van der Waals surface area contributed by atoms with E-state index in [0.29, 0.717) is 51.2 Å². The number of amides is 2. The number of hydrogen-bond acceptors (Lipinski definition) is 5. The van der Waals surface area contributed by atoms with Crippen LogP contribution in [0.1, 0.15) is 41.6 Å². The third-order valence-corrected chi connectivity index (χ3v) is 6.98. The van der Waals surface area contributed by atoms with Gasteiger partial charge in [0.05, 0.1) is 6.61 Å². The van der Waals surface area contributed by atoms with Gasteiger partial charge in [0.15, 0.2) is 0 Å². The number of Topliss-reactive ketones (excluding diaryl/α,β-unsaturated/α-hetero) is 1. The van der Waals surface area contributed by atoms with Gasteiger partial charge < -0.3 is 24.4 Å². The van der Waals surface area contributed by atoms with E-state index in [2.05, 4.69) is 0 Å². The highest BCUT2D eigenvalue weighted by Gasteiger charge is 2.33. The van der Waals surface area contributed by atoms with Crippen molar-refractivity contribution in [1.29, 1.82) is 0 Å². The summed E-state index contributed by atoms with van der Waals surface area (Å²) in [4.78, 5) is 38.4. The molecule has 34 heavy (non-hydrogen) atoms. The summed E-state index contributed by atoms with van der Waals surface area (Å²) in [7, 11) is 0. The summed E-state index contributed by atoms with van der Waals surface area (Å²) in [6.45, 7) is 2.43. The molecular weight excluding hydrogens is 436 g/mol. The highest BCUT2D eigenvalue weighted by molar-refractivity contribution is 5.96. The molecule has 2 aromatic rings. The number of rotatable bonds is 3. The van der Waals surface area contributed by atoms with Crippen LogP contribution in [-0.4, -0.2) is 65.2 Å². The molecule has 0 aromatic heterocycles. The molecule has 1 atom stereocenters. The van der Waals surface area contributed by atoms with E-state index in [1.807, 2.05) is 42.5 Å². The molecule has 0 spiro atoms. The Kier molecular flexibility index (Phi) is 6.24. The highest BCUT2D eigenvalue weighted by atomic mass is 16.7. The van der Waals surface area contributed by atoms with E-state index in [9.17, 15) is 14.4 Å². The summed E-state index contributed by atoms with van der Waals surface area (Å²) >= 11 is 0. The Labute approximate surface area is 198 Å². The minimum absolute atomic E-state index is 0.0356. The number of ether oxygens (including phenoxy) is 2. The zero-order valence-electron chi connectivity index (χ0n) is 18.9. The lowest BCUT2D eigenvalue weighted by Gasteiger charge is -2.36. The number of hydrogen-bond donors (Lipinski definition) is 1. The number of fused-ring (bicyclic) bond motifs is 1. The van der Waals surface area contributed by atoms with Gasteiger partial charge in [-0.25, -0.2) is 4.79 Å². The largest absolute Gasteiger partial charge is 0.465 e. The predicted octanol–water partition coefficient (Wildman–Crippen LogP) is 3.78. The molecule has 3 heterocycles. The number of carbonyl (C=O) groups is 3. The first-order valence-electron chi connectivity index (χ1n) is 11.8. The van der Waals surface area contributed by atoms with Crippen LogP contribution in [-0.2, 0) is 16.1 Å². The first-order chi connectivity index (χ1) is 16.5. The quantitative estimate of drug-likeness (QED) is 0.743. The van der Waals surface area contributed by atoms with E-state index in [0.717, 1.165) is 35.3 Å². The topological polar surface area (TPSA) is 96.4 Å². The van der Waals surface area contributed by atoms with Crippen molar-refractivity contribution in [3.63, 3.8) is 0 Å². The number of benzene rings is 2. The lowest BCUT2D eigenvalue weighted by atomic mass is 9.95. The van der Waals surface area contributed by atoms with Gasteiger partial charge >= 0.3 is 6.09 Å². The lowest BCUT2D eigenvalue weighted by molar-refractivity contribution is -0.148. The number of ketones is 1. The number of nitrogens with zero attached hydrogens (tertiary/aromatic N) is 2. The van der Waals surface area contributed by atoms with Gasteiger partial charge in [-0.2, -0.15) is 0 Å². The van der Waals surface area contributed by atoms with Crippen molar-refractivity contribution in [3.8, 4) is 16.9 Å². The summed E-state index contributed by atoms with van der Waals surface area (Å²) < 4.78 is 12.1. The Morgan fingerprint density at radius 3 is 2.24 bits per heavy atom. The average molecular weight is 465 g/mol. The SMILES string of the molecule is O=C1CCN(C(=O)c2ccc(-c3ccc4c(c3)COC(C3CCN(C(=O)O)CC3)O4)cc2)CC1. The Morgan fingerprint density at radius 1 is 0.882 bits per heavy atom. The monoisotopic (exact) mass is 464 g/mol. The van der Waals surface area contributed by atoms with Crippen LogP contribution in [0.4, 0.5) is 4.79 Å². The Hall–Kier alpha value is -3.39. The van der Waals surface area contributed by atoms with Gasteiger partial charge in [-0.05, 0) is 48.2 Å². The lowest BCUT2D eigenvalue weighted by Crippen LogP contribution is -2.43. The molecule has 0 aliphatic carbocycles. The molecule has 178 valence electrons. The molecule has 2 fully saturated rings. The van der Waals surface area contributed by atoms with Crippen LogP contribution in [0.25, 0.3) is 11.1 Å². The van der Waals surface area contributed by atoms with E-state index in [-0.39, 0.29) is 23.9 Å². The minimum atomic E-state index is -0.873. The molecule has 0 radical (unpaired) electrons. The summed E-state index contributed by atoms with van der Waals surface area (Å²) in [6.07, 6.45) is 1.09. The van der Waals surface area contributed by atoms with Crippen LogP contribution in [0, 0.1) is 5.92 Å². The van der Waals surface area contributed by atoms with Gasteiger partial charge in [-0.1, -0.05) is 18.2 Å². The second kappa shape index (κ2) is 9.46. The van der Waals surface area contributed by atoms with E-state index in [4.69, 9.17) is 14.6 Å². The van der Waals surface area contributed by atoms with Crippen molar-refractivity contribution in [2.75, 3.05) is 26.2 Å². The highest BCUT2D eigenvalue weighted by Crippen LogP contribution is 2.35. The smallest absolute Gasteiger partial charge is 0.407 e. The first kappa shape index (κ1) is 22.4. The third kappa shape index (κ3) is 4.63. The molecular formula is C26H28N2O6. The molecule has 2 amide bonds. The maximum Gasteiger partial charge on any atom is 0.407 e. The molecule has 8 nitrogen and oxygen atoms in total. The third-order valence-electron chi connectivity index (χ3n) is 6.98. The zero-order chi connectivity index (χ0) is 23.7. The van der Waals surface area contributed by atoms with E-state index < -0.39 is 6.09 Å². The molecule has 8 heteroatoms. The normalized spacial score (nSPS) is 21.1. The Bertz CT molecular complexity index is 1080. The number of piperidine rings is 2. The molecule has 2 saturated heterocycles. The summed E-state index contributed by atoms with van der Waals surface area (Å²) in [5.41, 5.74) is 3.60. The van der Waals surface area contributed by atoms with Crippen molar-refractivity contribution >= 4 is 17.8 Å². The fourth-order valence-corrected chi connectivity index (χ4v) is 4.86. The van der Waals surface area contributed by atoms with Gasteiger partial charge in [0.1, 0.15) is 11.5 Å². The first-order valence-corrected chi connectivity index (χ1v) is 11.8. The van der Waals surface area contributed by atoms with Gasteiger partial charge in [-0.3, -0.25) is 9.59 Å². The summed E-state index contributed by atoms with van der Waals surface area (Å²) in [5, 5.41) is 9.13. The van der Waals surface area contributed by atoms with Crippen LogP contribution in [0.15, 0.2) is 42.5 Å². The van der Waals surface area contributed by atoms with Crippen molar-refractivity contribution in [2.24, 2.45) is 5.92 Å². The summed E-state index contributed by atoms with van der Waals surface area (Å²) in [5.74, 6) is 1.15. The standard InChI is InChI=1S/C26H28N2O6/c29-22-9-13-27(14-10-22)24(30)18-3-1-17(2-4-18)20-5-6-23-21(15-20)16-33-25(34-23)19-7-11-28(12-8-19)26(31)32/h1-6,15,19,25H,7-14,16H2,(H,31,32). The van der Waals surface area contributed by atoms with Crippen LogP contribution in [0.5, 0.6) is 5.75 Å². The zero-order valence-corrected chi connectivity index (χ0v) is 18.9. The molecule has 3 aliphatic heterocycles. The fraction of sp³-hybridized carbons (Fsp3) is 0.423. The van der Waals surface area contributed by atoms with Crippen molar-refractivity contribution in [1.82, 2.24) is 9.80 Å². The van der Waals surface area contributed by atoms with Crippen LogP contribution < -0.4 is 4.74 Å². The molecule has 0 saturated carbocycles. The van der Waals surface area contributed by atoms with Crippen LogP contribution in [0.3, 0.4) is 0 Å². The second-order valence-corrected chi connectivity index (χ2v) is 9.14. The second-order valence-electron chi connectivity index (χ2n) is 9.14. The summed E-state index contributed by atoms with van der Waals surface area (Å²) in [6, 6.07) is 13.5.